The summed E-state index contributed by atoms with van der Waals surface area (Å²) in [6.07, 6.45) is 1.69. The number of anilines is 1. The van der Waals surface area contributed by atoms with E-state index in [1.165, 1.54) is 0 Å². The molecule has 2 N–H and O–H groups in total. The third-order valence-corrected chi connectivity index (χ3v) is 2.83. The van der Waals surface area contributed by atoms with Crippen molar-refractivity contribution in [2.45, 2.75) is 19.9 Å². The van der Waals surface area contributed by atoms with Crippen LogP contribution in [0.2, 0.25) is 5.02 Å². The third kappa shape index (κ3) is 3.66. The second-order valence-electron chi connectivity index (χ2n) is 4.61. The molecule has 5 heteroatoms. The highest BCUT2D eigenvalue weighted by Gasteiger charge is 2.08. The fraction of sp³-hybridized carbons (Fsp3) is 0.286. The molecule has 0 aliphatic carbocycles. The van der Waals surface area contributed by atoms with Gasteiger partial charge in [-0.25, -0.2) is 0 Å². The molecule has 0 radical (unpaired) electrons. The number of halogens is 1. The number of hydrogen-bond donors (Lipinski definition) is 2. The first-order valence-corrected chi connectivity index (χ1v) is 6.51. The molecule has 4 nitrogen and oxygen atoms in total. The predicted octanol–water partition coefficient (Wildman–Crippen LogP) is 2.82. The van der Waals surface area contributed by atoms with E-state index in [0.29, 0.717) is 10.7 Å². The van der Waals surface area contributed by atoms with Gasteiger partial charge in [0.15, 0.2) is 0 Å². The van der Waals surface area contributed by atoms with Crippen LogP contribution < -0.4 is 10.6 Å². The normalized spacial score (nSPS) is 10.9. The Balaban J connectivity index is 2.22. The summed E-state index contributed by atoms with van der Waals surface area (Å²) in [6.45, 7) is 4.24. The van der Waals surface area contributed by atoms with Crippen molar-refractivity contribution in [3.63, 3.8) is 0 Å². The van der Waals surface area contributed by atoms with Crippen LogP contribution in [0.5, 0.6) is 0 Å². The van der Waals surface area contributed by atoms with Gasteiger partial charge in [0, 0.05) is 22.6 Å². The highest BCUT2D eigenvalue weighted by atomic mass is 35.5. The summed E-state index contributed by atoms with van der Waals surface area (Å²) < 4.78 is 0. The summed E-state index contributed by atoms with van der Waals surface area (Å²) in [5.74, 6) is -0.108. The standard InChI is InChI=1S/C14H16ClN3O/c1-9(2)17-8-13(19)18-12-7-11(15)6-10-4-3-5-16-14(10)12/h3-7,9,17H,8H2,1-2H3,(H,18,19). The van der Waals surface area contributed by atoms with E-state index in [-0.39, 0.29) is 18.5 Å². The van der Waals surface area contributed by atoms with Gasteiger partial charge in [0.1, 0.15) is 0 Å². The van der Waals surface area contributed by atoms with Crippen molar-refractivity contribution in [2.75, 3.05) is 11.9 Å². The van der Waals surface area contributed by atoms with E-state index < -0.39 is 0 Å². The predicted molar refractivity (Wildman–Crippen MR) is 78.5 cm³/mol. The summed E-state index contributed by atoms with van der Waals surface area (Å²) in [4.78, 5) is 16.1. The Bertz CT molecular complexity index is 598. The SMILES string of the molecule is CC(C)NCC(=O)Nc1cc(Cl)cc2cccnc12. The third-order valence-electron chi connectivity index (χ3n) is 2.61. The van der Waals surface area contributed by atoms with E-state index in [1.807, 2.05) is 32.0 Å². The van der Waals surface area contributed by atoms with Gasteiger partial charge in [-0.15, -0.1) is 0 Å². The molecule has 1 heterocycles. The topological polar surface area (TPSA) is 54.0 Å². The minimum atomic E-state index is -0.108. The van der Waals surface area contributed by atoms with Crippen LogP contribution in [-0.4, -0.2) is 23.5 Å². The Morgan fingerprint density at radius 2 is 2.21 bits per heavy atom. The first-order valence-electron chi connectivity index (χ1n) is 6.14. The number of hydrogen-bond acceptors (Lipinski definition) is 3. The van der Waals surface area contributed by atoms with Crippen LogP contribution in [0.3, 0.4) is 0 Å². The zero-order chi connectivity index (χ0) is 13.8. The van der Waals surface area contributed by atoms with E-state index in [4.69, 9.17) is 11.6 Å². The number of fused-ring (bicyclic) bond motifs is 1. The van der Waals surface area contributed by atoms with Gasteiger partial charge in [-0.1, -0.05) is 31.5 Å². The summed E-state index contributed by atoms with van der Waals surface area (Å²) >= 11 is 6.04. The van der Waals surface area contributed by atoms with Crippen LogP contribution in [0.25, 0.3) is 10.9 Å². The summed E-state index contributed by atoms with van der Waals surface area (Å²) in [5, 5.41) is 7.38. The number of benzene rings is 1. The molecule has 19 heavy (non-hydrogen) atoms. The zero-order valence-electron chi connectivity index (χ0n) is 10.9. The summed E-state index contributed by atoms with van der Waals surface area (Å²) in [5.41, 5.74) is 1.38. The molecule has 1 aromatic heterocycles. The maximum absolute atomic E-state index is 11.8. The van der Waals surface area contributed by atoms with Gasteiger partial charge in [-0.05, 0) is 18.2 Å². The Morgan fingerprint density at radius 1 is 1.42 bits per heavy atom. The lowest BCUT2D eigenvalue weighted by Gasteiger charge is -2.11. The molecular weight excluding hydrogens is 262 g/mol. The highest BCUT2D eigenvalue weighted by Crippen LogP contribution is 2.26. The van der Waals surface area contributed by atoms with Crippen LogP contribution in [-0.2, 0) is 4.79 Å². The molecule has 0 aliphatic heterocycles. The molecule has 0 unspecified atom stereocenters. The number of nitrogens with zero attached hydrogens (tertiary/aromatic N) is 1. The number of rotatable bonds is 4. The number of carbonyl (C=O) groups excluding carboxylic acids is 1. The van der Waals surface area contributed by atoms with Crippen molar-refractivity contribution in [3.8, 4) is 0 Å². The van der Waals surface area contributed by atoms with Crippen molar-refractivity contribution in [1.82, 2.24) is 10.3 Å². The van der Waals surface area contributed by atoms with E-state index >= 15 is 0 Å². The second kappa shape index (κ2) is 5.99. The van der Waals surface area contributed by atoms with Gasteiger partial charge in [-0.3, -0.25) is 9.78 Å². The average Bonchev–Trinajstić information content (AvgIpc) is 2.36. The van der Waals surface area contributed by atoms with Crippen molar-refractivity contribution in [3.05, 3.63) is 35.5 Å². The lowest BCUT2D eigenvalue weighted by atomic mass is 10.2. The number of aromatic nitrogens is 1. The number of amides is 1. The Labute approximate surface area is 117 Å². The molecule has 1 aromatic carbocycles. The molecule has 0 atom stereocenters. The van der Waals surface area contributed by atoms with Gasteiger partial charge in [0.2, 0.25) is 5.91 Å². The molecule has 0 aliphatic rings. The van der Waals surface area contributed by atoms with Gasteiger partial charge < -0.3 is 10.6 Å². The average molecular weight is 278 g/mol. The quantitative estimate of drug-likeness (QED) is 0.904. The molecule has 1 amide bonds. The lowest BCUT2D eigenvalue weighted by molar-refractivity contribution is -0.115. The van der Waals surface area contributed by atoms with Crippen LogP contribution in [0.1, 0.15) is 13.8 Å². The van der Waals surface area contributed by atoms with Gasteiger partial charge in [0.25, 0.3) is 0 Å². The molecule has 0 saturated heterocycles. The number of pyridine rings is 1. The van der Waals surface area contributed by atoms with Gasteiger partial charge in [0.05, 0.1) is 17.7 Å². The van der Waals surface area contributed by atoms with E-state index in [0.717, 1.165) is 10.9 Å². The van der Waals surface area contributed by atoms with Crippen LogP contribution in [0, 0.1) is 0 Å². The summed E-state index contributed by atoms with van der Waals surface area (Å²) in [6, 6.07) is 7.55. The van der Waals surface area contributed by atoms with Crippen LogP contribution in [0.4, 0.5) is 5.69 Å². The largest absolute Gasteiger partial charge is 0.323 e. The lowest BCUT2D eigenvalue weighted by Crippen LogP contribution is -2.32. The first-order chi connectivity index (χ1) is 9.06. The van der Waals surface area contributed by atoms with Crippen molar-refractivity contribution in [1.29, 1.82) is 0 Å². The molecule has 2 aromatic rings. The minimum Gasteiger partial charge on any atom is -0.323 e. The maximum atomic E-state index is 11.8. The highest BCUT2D eigenvalue weighted by molar-refractivity contribution is 6.32. The number of nitrogens with one attached hydrogen (secondary N) is 2. The van der Waals surface area contributed by atoms with Gasteiger partial charge >= 0.3 is 0 Å². The Morgan fingerprint density at radius 3 is 2.95 bits per heavy atom. The summed E-state index contributed by atoms with van der Waals surface area (Å²) in [7, 11) is 0. The Hall–Kier alpha value is -1.65. The monoisotopic (exact) mass is 277 g/mol. The maximum Gasteiger partial charge on any atom is 0.238 e. The van der Waals surface area contributed by atoms with E-state index in [9.17, 15) is 4.79 Å². The fourth-order valence-corrected chi connectivity index (χ4v) is 1.97. The molecule has 2 rings (SSSR count). The van der Waals surface area contributed by atoms with Gasteiger partial charge in [-0.2, -0.15) is 0 Å². The van der Waals surface area contributed by atoms with E-state index in [1.54, 1.807) is 12.3 Å². The first kappa shape index (κ1) is 13.8. The van der Waals surface area contributed by atoms with Crippen LogP contribution >= 0.6 is 11.6 Å². The smallest absolute Gasteiger partial charge is 0.238 e. The molecular formula is C14H16ClN3O. The number of carbonyl (C=O) groups is 1. The fourth-order valence-electron chi connectivity index (χ4n) is 1.74. The minimum absolute atomic E-state index is 0.108. The second-order valence-corrected chi connectivity index (χ2v) is 5.05. The van der Waals surface area contributed by atoms with E-state index in [2.05, 4.69) is 15.6 Å². The van der Waals surface area contributed by atoms with Crippen molar-refractivity contribution in [2.24, 2.45) is 0 Å². The van der Waals surface area contributed by atoms with Crippen LogP contribution in [0.15, 0.2) is 30.5 Å². The van der Waals surface area contributed by atoms with Crippen molar-refractivity contribution >= 4 is 34.1 Å². The molecule has 0 bridgehead atoms. The molecule has 100 valence electrons. The Kier molecular flexibility index (Phi) is 4.35. The zero-order valence-corrected chi connectivity index (χ0v) is 11.7. The molecule has 0 saturated carbocycles. The molecule has 0 spiro atoms. The molecule has 0 fully saturated rings. The van der Waals surface area contributed by atoms with Crippen molar-refractivity contribution < 1.29 is 4.79 Å².